The lowest BCUT2D eigenvalue weighted by atomic mass is 10.1. The normalized spacial score (nSPS) is 13.9. The van der Waals surface area contributed by atoms with Crippen molar-refractivity contribution in [2.45, 2.75) is 12.8 Å². The fourth-order valence-corrected chi connectivity index (χ4v) is 1.71. The lowest BCUT2D eigenvalue weighted by Crippen LogP contribution is -2.15. The number of aryl methyl sites for hydroxylation is 1. The molecule has 1 aliphatic heterocycles. The minimum Gasteiger partial charge on any atom is -0.486 e. The van der Waals surface area contributed by atoms with Crippen molar-refractivity contribution in [1.82, 2.24) is 5.32 Å². The van der Waals surface area contributed by atoms with Crippen LogP contribution in [0.2, 0.25) is 0 Å². The van der Waals surface area contributed by atoms with Crippen LogP contribution in [0.4, 0.5) is 0 Å². The van der Waals surface area contributed by atoms with Gasteiger partial charge in [0.15, 0.2) is 11.5 Å². The minimum absolute atomic E-state index is 0.659. The number of fused-ring (bicyclic) bond motifs is 1. The zero-order valence-corrected chi connectivity index (χ0v) is 9.08. The first kappa shape index (κ1) is 10.3. The van der Waals surface area contributed by atoms with Crippen LogP contribution in [0, 0.1) is 0 Å². The maximum absolute atomic E-state index is 5.53. The molecule has 0 bridgehead atoms. The highest BCUT2D eigenvalue weighted by atomic mass is 16.6. The third-order valence-electron chi connectivity index (χ3n) is 2.50. The second-order valence-corrected chi connectivity index (χ2v) is 3.69. The molecule has 0 amide bonds. The van der Waals surface area contributed by atoms with Crippen molar-refractivity contribution in [3.8, 4) is 11.5 Å². The molecule has 0 radical (unpaired) electrons. The summed E-state index contributed by atoms with van der Waals surface area (Å²) < 4.78 is 11.0. The summed E-state index contributed by atoms with van der Waals surface area (Å²) >= 11 is 0. The van der Waals surface area contributed by atoms with E-state index in [4.69, 9.17) is 9.47 Å². The molecule has 0 saturated heterocycles. The van der Waals surface area contributed by atoms with Gasteiger partial charge in [0, 0.05) is 0 Å². The lowest BCUT2D eigenvalue weighted by molar-refractivity contribution is 0.171. The van der Waals surface area contributed by atoms with Gasteiger partial charge in [0.25, 0.3) is 0 Å². The Kier molecular flexibility index (Phi) is 3.45. The minimum atomic E-state index is 0.659. The molecule has 0 fully saturated rings. The molecule has 0 spiro atoms. The molecule has 1 aromatic carbocycles. The SMILES string of the molecule is CNCCCc1ccc2c(c1)OCCO2. The molecule has 3 heteroatoms. The van der Waals surface area contributed by atoms with Crippen molar-refractivity contribution >= 4 is 0 Å². The van der Waals surface area contributed by atoms with Gasteiger partial charge in [-0.25, -0.2) is 0 Å². The number of hydrogen-bond acceptors (Lipinski definition) is 3. The number of benzene rings is 1. The molecule has 0 saturated carbocycles. The van der Waals surface area contributed by atoms with Gasteiger partial charge in [-0.1, -0.05) is 6.07 Å². The average Bonchev–Trinajstić information content (AvgIpc) is 2.29. The highest BCUT2D eigenvalue weighted by molar-refractivity contribution is 5.43. The van der Waals surface area contributed by atoms with Gasteiger partial charge in [0.05, 0.1) is 0 Å². The molecule has 1 aliphatic rings. The third kappa shape index (κ3) is 2.63. The second-order valence-electron chi connectivity index (χ2n) is 3.69. The van der Waals surface area contributed by atoms with E-state index in [-0.39, 0.29) is 0 Å². The Morgan fingerprint density at radius 1 is 1.20 bits per heavy atom. The average molecular weight is 207 g/mol. The van der Waals surface area contributed by atoms with Gasteiger partial charge in [-0.15, -0.1) is 0 Å². The summed E-state index contributed by atoms with van der Waals surface area (Å²) in [4.78, 5) is 0. The summed E-state index contributed by atoms with van der Waals surface area (Å²) in [6, 6.07) is 6.20. The highest BCUT2D eigenvalue weighted by Crippen LogP contribution is 2.30. The van der Waals surface area contributed by atoms with E-state index in [1.807, 2.05) is 13.1 Å². The summed E-state index contributed by atoms with van der Waals surface area (Å²) in [5.74, 6) is 1.77. The van der Waals surface area contributed by atoms with E-state index < -0.39 is 0 Å². The van der Waals surface area contributed by atoms with Crippen LogP contribution >= 0.6 is 0 Å². The Labute approximate surface area is 90.4 Å². The Morgan fingerprint density at radius 2 is 2.00 bits per heavy atom. The van der Waals surface area contributed by atoms with Gasteiger partial charge in [0.2, 0.25) is 0 Å². The van der Waals surface area contributed by atoms with Crippen LogP contribution in [0.15, 0.2) is 18.2 Å². The first-order valence-electron chi connectivity index (χ1n) is 5.43. The predicted octanol–water partition coefficient (Wildman–Crippen LogP) is 1.61. The molecule has 15 heavy (non-hydrogen) atoms. The van der Waals surface area contributed by atoms with Gasteiger partial charge >= 0.3 is 0 Å². The molecule has 1 N–H and O–H groups in total. The van der Waals surface area contributed by atoms with Gasteiger partial charge < -0.3 is 14.8 Å². The van der Waals surface area contributed by atoms with Crippen LogP contribution in [-0.4, -0.2) is 26.8 Å². The molecule has 0 atom stereocenters. The molecule has 0 aliphatic carbocycles. The summed E-state index contributed by atoms with van der Waals surface area (Å²) in [5, 5.41) is 3.14. The van der Waals surface area contributed by atoms with Crippen molar-refractivity contribution in [1.29, 1.82) is 0 Å². The summed E-state index contributed by atoms with van der Waals surface area (Å²) in [6.45, 7) is 2.37. The van der Waals surface area contributed by atoms with E-state index in [1.54, 1.807) is 0 Å². The molecule has 0 unspecified atom stereocenters. The van der Waals surface area contributed by atoms with E-state index in [0.717, 1.165) is 30.9 Å². The van der Waals surface area contributed by atoms with E-state index in [2.05, 4.69) is 17.4 Å². The fourth-order valence-electron chi connectivity index (χ4n) is 1.71. The van der Waals surface area contributed by atoms with Crippen molar-refractivity contribution in [3.05, 3.63) is 23.8 Å². The van der Waals surface area contributed by atoms with Crippen molar-refractivity contribution < 1.29 is 9.47 Å². The quantitative estimate of drug-likeness (QED) is 0.761. The maximum Gasteiger partial charge on any atom is 0.161 e. The first-order valence-corrected chi connectivity index (χ1v) is 5.43. The van der Waals surface area contributed by atoms with Gasteiger partial charge in [-0.05, 0) is 44.1 Å². The van der Waals surface area contributed by atoms with E-state index in [1.165, 1.54) is 5.56 Å². The standard InChI is InChI=1S/C12H17NO2/c1-13-6-2-3-10-4-5-11-12(9-10)15-8-7-14-11/h4-5,9,13H,2-3,6-8H2,1H3. The number of nitrogens with one attached hydrogen (secondary N) is 1. The van der Waals surface area contributed by atoms with E-state index >= 15 is 0 Å². The molecular formula is C12H17NO2. The Hall–Kier alpha value is -1.22. The molecule has 0 aromatic heterocycles. The van der Waals surface area contributed by atoms with Crippen LogP contribution in [-0.2, 0) is 6.42 Å². The monoisotopic (exact) mass is 207 g/mol. The molecule has 1 aromatic rings. The first-order chi connectivity index (χ1) is 7.40. The van der Waals surface area contributed by atoms with E-state index in [9.17, 15) is 0 Å². The number of rotatable bonds is 4. The lowest BCUT2D eigenvalue weighted by Gasteiger charge is -2.18. The summed E-state index contributed by atoms with van der Waals surface area (Å²) in [5.41, 5.74) is 1.31. The topological polar surface area (TPSA) is 30.5 Å². The predicted molar refractivity (Wildman–Crippen MR) is 59.7 cm³/mol. The van der Waals surface area contributed by atoms with Crippen LogP contribution in [0.1, 0.15) is 12.0 Å². The van der Waals surface area contributed by atoms with Crippen molar-refractivity contribution in [2.24, 2.45) is 0 Å². The highest BCUT2D eigenvalue weighted by Gasteiger charge is 2.11. The Morgan fingerprint density at radius 3 is 2.80 bits per heavy atom. The summed E-state index contributed by atoms with van der Waals surface area (Å²) in [7, 11) is 1.98. The van der Waals surface area contributed by atoms with Gasteiger partial charge in [0.1, 0.15) is 13.2 Å². The summed E-state index contributed by atoms with van der Waals surface area (Å²) in [6.07, 6.45) is 2.23. The maximum atomic E-state index is 5.53. The zero-order chi connectivity index (χ0) is 10.5. The van der Waals surface area contributed by atoms with Gasteiger partial charge in [-0.2, -0.15) is 0 Å². The van der Waals surface area contributed by atoms with Crippen molar-refractivity contribution in [2.75, 3.05) is 26.8 Å². The van der Waals surface area contributed by atoms with Crippen LogP contribution in [0.25, 0.3) is 0 Å². The Balaban J connectivity index is 2.00. The van der Waals surface area contributed by atoms with Gasteiger partial charge in [-0.3, -0.25) is 0 Å². The van der Waals surface area contributed by atoms with Crippen LogP contribution < -0.4 is 14.8 Å². The molecular weight excluding hydrogens is 190 g/mol. The van der Waals surface area contributed by atoms with E-state index in [0.29, 0.717) is 13.2 Å². The molecule has 82 valence electrons. The molecule has 2 rings (SSSR count). The second kappa shape index (κ2) is 5.03. The Bertz CT molecular complexity index is 325. The third-order valence-corrected chi connectivity index (χ3v) is 2.50. The largest absolute Gasteiger partial charge is 0.486 e. The smallest absolute Gasteiger partial charge is 0.161 e. The fraction of sp³-hybridized carbons (Fsp3) is 0.500. The number of hydrogen-bond donors (Lipinski definition) is 1. The van der Waals surface area contributed by atoms with Crippen LogP contribution in [0.3, 0.4) is 0 Å². The van der Waals surface area contributed by atoms with Crippen LogP contribution in [0.5, 0.6) is 11.5 Å². The molecule has 1 heterocycles. The molecule has 3 nitrogen and oxygen atoms in total. The number of ether oxygens (including phenoxy) is 2. The van der Waals surface area contributed by atoms with Crippen molar-refractivity contribution in [3.63, 3.8) is 0 Å². The zero-order valence-electron chi connectivity index (χ0n) is 9.08.